The first-order chi connectivity index (χ1) is 9.20. The molecule has 0 fully saturated rings. The maximum Gasteiger partial charge on any atom is 0.434 e. The summed E-state index contributed by atoms with van der Waals surface area (Å²) >= 11 is 0. The quantitative estimate of drug-likeness (QED) is 0.859. The topological polar surface area (TPSA) is 73.8 Å². The van der Waals surface area contributed by atoms with E-state index < -0.39 is 23.2 Å². The van der Waals surface area contributed by atoms with Crippen LogP contribution in [0.15, 0.2) is 18.3 Å². The zero-order valence-electron chi connectivity index (χ0n) is 10.7. The number of nitrogens with zero attached hydrogens (tertiary/aromatic N) is 3. The Morgan fingerprint density at radius 1 is 1.35 bits per heavy atom. The van der Waals surface area contributed by atoms with E-state index in [9.17, 15) is 18.0 Å². The van der Waals surface area contributed by atoms with Crippen molar-refractivity contribution in [3.8, 4) is 5.82 Å². The van der Waals surface area contributed by atoms with Gasteiger partial charge in [0.15, 0.2) is 17.3 Å². The van der Waals surface area contributed by atoms with Crippen LogP contribution in [0.2, 0.25) is 0 Å². The lowest BCUT2D eigenvalue weighted by atomic mass is 10.2. The Balaban J connectivity index is 2.72. The normalized spacial score (nSPS) is 11.7. The smallest absolute Gasteiger partial charge is 0.384 e. The first kappa shape index (κ1) is 14.0. The molecule has 0 bridgehead atoms. The number of pyridine rings is 1. The fourth-order valence-electron chi connectivity index (χ4n) is 1.84. The molecule has 0 aromatic carbocycles. The molecule has 0 radical (unpaired) electrons. The summed E-state index contributed by atoms with van der Waals surface area (Å²) in [6, 6.07) is 2.93. The van der Waals surface area contributed by atoms with E-state index in [2.05, 4.69) is 10.1 Å². The Labute approximate surface area is 112 Å². The van der Waals surface area contributed by atoms with Gasteiger partial charge in [0.25, 0.3) is 0 Å². The van der Waals surface area contributed by atoms with Gasteiger partial charge in [-0.3, -0.25) is 4.79 Å². The van der Waals surface area contributed by atoms with Crippen molar-refractivity contribution in [2.45, 2.75) is 20.0 Å². The zero-order valence-corrected chi connectivity index (χ0v) is 10.7. The monoisotopic (exact) mass is 284 g/mol. The van der Waals surface area contributed by atoms with E-state index >= 15 is 0 Å². The van der Waals surface area contributed by atoms with Gasteiger partial charge in [-0.05, 0) is 31.5 Å². The lowest BCUT2D eigenvalue weighted by Gasteiger charge is -2.12. The molecular formula is C12H11F3N4O. The van der Waals surface area contributed by atoms with Crippen LogP contribution < -0.4 is 5.73 Å². The summed E-state index contributed by atoms with van der Waals surface area (Å²) in [7, 11) is 0. The van der Waals surface area contributed by atoms with E-state index in [0.717, 1.165) is 13.1 Å². The number of Topliss-reactive ketones (excluding diaryl/α,β-unsaturated/α-hetero) is 1. The van der Waals surface area contributed by atoms with Crippen molar-refractivity contribution in [3.05, 3.63) is 35.2 Å². The zero-order chi connectivity index (χ0) is 15.1. The molecule has 2 rings (SSSR count). The summed E-state index contributed by atoms with van der Waals surface area (Å²) in [5, 5.41) is 3.61. The highest BCUT2D eigenvalue weighted by molar-refractivity contribution is 5.95. The summed E-state index contributed by atoms with van der Waals surface area (Å²) in [4.78, 5) is 15.1. The van der Waals surface area contributed by atoms with Crippen molar-refractivity contribution in [3.63, 3.8) is 0 Å². The van der Waals surface area contributed by atoms with E-state index in [4.69, 9.17) is 5.73 Å². The number of nitrogen functional groups attached to an aromatic ring is 1. The van der Waals surface area contributed by atoms with Gasteiger partial charge in [0.1, 0.15) is 5.82 Å². The van der Waals surface area contributed by atoms with Crippen molar-refractivity contribution in [1.82, 2.24) is 14.8 Å². The summed E-state index contributed by atoms with van der Waals surface area (Å²) in [6.45, 7) is 2.72. The Kier molecular flexibility index (Phi) is 3.24. The molecule has 0 saturated carbocycles. The van der Waals surface area contributed by atoms with Crippen LogP contribution >= 0.6 is 0 Å². The van der Waals surface area contributed by atoms with Crippen LogP contribution in [0.25, 0.3) is 5.82 Å². The van der Waals surface area contributed by atoms with E-state index in [1.54, 1.807) is 6.92 Å². The second-order valence-electron chi connectivity index (χ2n) is 4.30. The molecule has 106 valence electrons. The Bertz CT molecular complexity index is 656. The van der Waals surface area contributed by atoms with E-state index in [0.29, 0.717) is 10.2 Å². The average molecular weight is 284 g/mol. The van der Waals surface area contributed by atoms with Crippen LogP contribution in [0.3, 0.4) is 0 Å². The number of halogens is 3. The molecule has 2 aromatic rings. The van der Waals surface area contributed by atoms with Crippen LogP contribution in [0.4, 0.5) is 19.0 Å². The van der Waals surface area contributed by atoms with E-state index in [-0.39, 0.29) is 11.6 Å². The SMILES string of the molecule is CC(=O)c1cnn(-c2cc(C)cc(N)n2)c1C(F)(F)F. The van der Waals surface area contributed by atoms with Crippen molar-refractivity contribution < 1.29 is 18.0 Å². The summed E-state index contributed by atoms with van der Waals surface area (Å²) < 4.78 is 39.9. The van der Waals surface area contributed by atoms with Crippen LogP contribution in [0, 0.1) is 6.92 Å². The second-order valence-corrected chi connectivity index (χ2v) is 4.30. The van der Waals surface area contributed by atoms with Gasteiger partial charge >= 0.3 is 6.18 Å². The van der Waals surface area contributed by atoms with Gasteiger partial charge in [-0.15, -0.1) is 0 Å². The highest BCUT2D eigenvalue weighted by atomic mass is 19.4. The van der Waals surface area contributed by atoms with Gasteiger partial charge in [-0.2, -0.15) is 18.3 Å². The molecule has 2 aromatic heterocycles. The number of ketones is 1. The van der Waals surface area contributed by atoms with Gasteiger partial charge in [0.2, 0.25) is 0 Å². The van der Waals surface area contributed by atoms with E-state index in [1.165, 1.54) is 12.1 Å². The number of alkyl halides is 3. The van der Waals surface area contributed by atoms with Crippen molar-refractivity contribution in [2.24, 2.45) is 0 Å². The third kappa shape index (κ3) is 2.49. The first-order valence-corrected chi connectivity index (χ1v) is 5.61. The van der Waals surface area contributed by atoms with Crippen LogP contribution in [-0.4, -0.2) is 20.5 Å². The van der Waals surface area contributed by atoms with Crippen LogP contribution in [-0.2, 0) is 6.18 Å². The molecule has 0 spiro atoms. The third-order valence-electron chi connectivity index (χ3n) is 2.61. The molecule has 2 heterocycles. The maximum absolute atomic E-state index is 13.1. The summed E-state index contributed by atoms with van der Waals surface area (Å²) in [5.41, 5.74) is 4.51. The number of carbonyl (C=O) groups excluding carboxylic acids is 1. The van der Waals surface area contributed by atoms with Gasteiger partial charge in [0.05, 0.1) is 11.8 Å². The molecule has 0 aliphatic rings. The van der Waals surface area contributed by atoms with Crippen LogP contribution in [0.1, 0.15) is 28.5 Å². The number of carbonyl (C=O) groups is 1. The van der Waals surface area contributed by atoms with Crippen molar-refractivity contribution in [2.75, 3.05) is 5.73 Å². The predicted molar refractivity (Wildman–Crippen MR) is 65.5 cm³/mol. The van der Waals surface area contributed by atoms with Crippen molar-refractivity contribution >= 4 is 11.6 Å². The lowest BCUT2D eigenvalue weighted by Crippen LogP contribution is -2.17. The third-order valence-corrected chi connectivity index (χ3v) is 2.61. The number of rotatable bonds is 2. The Morgan fingerprint density at radius 3 is 2.50 bits per heavy atom. The molecule has 0 saturated heterocycles. The standard InChI is InChI=1S/C12H11F3N4O/c1-6-3-9(16)18-10(4-6)19-11(12(13,14)15)8(5-17-19)7(2)20/h3-5H,1-2H3,(H2,16,18). The van der Waals surface area contributed by atoms with Crippen molar-refractivity contribution in [1.29, 1.82) is 0 Å². The first-order valence-electron chi connectivity index (χ1n) is 5.61. The fraction of sp³-hybridized carbons (Fsp3) is 0.250. The molecule has 0 aliphatic heterocycles. The van der Waals surface area contributed by atoms with Gasteiger partial charge in [0, 0.05) is 0 Å². The molecule has 0 amide bonds. The van der Waals surface area contributed by atoms with E-state index in [1.807, 2.05) is 0 Å². The average Bonchev–Trinajstić information content (AvgIpc) is 2.71. The molecule has 5 nitrogen and oxygen atoms in total. The predicted octanol–water partition coefficient (Wildman–Crippen LogP) is 2.38. The molecule has 2 N–H and O–H groups in total. The highest BCUT2D eigenvalue weighted by Gasteiger charge is 2.40. The number of hydrogen-bond donors (Lipinski definition) is 1. The highest BCUT2D eigenvalue weighted by Crippen LogP contribution is 2.33. The molecule has 8 heteroatoms. The Hall–Kier alpha value is -2.38. The second kappa shape index (κ2) is 4.62. The number of anilines is 1. The number of hydrogen-bond acceptors (Lipinski definition) is 4. The molecular weight excluding hydrogens is 273 g/mol. The van der Waals surface area contributed by atoms with Gasteiger partial charge in [-0.25, -0.2) is 9.67 Å². The number of aromatic nitrogens is 3. The van der Waals surface area contributed by atoms with Crippen LogP contribution in [0.5, 0.6) is 0 Å². The summed E-state index contributed by atoms with van der Waals surface area (Å²) in [5.74, 6) is -0.723. The summed E-state index contributed by atoms with van der Waals surface area (Å²) in [6.07, 6.45) is -3.84. The number of aryl methyl sites for hydroxylation is 1. The maximum atomic E-state index is 13.1. The minimum atomic E-state index is -4.72. The fourth-order valence-corrected chi connectivity index (χ4v) is 1.84. The minimum absolute atomic E-state index is 0.0769. The van der Waals surface area contributed by atoms with Gasteiger partial charge < -0.3 is 5.73 Å². The Morgan fingerprint density at radius 2 is 2.00 bits per heavy atom. The number of nitrogens with two attached hydrogens (primary N) is 1. The van der Waals surface area contributed by atoms with Gasteiger partial charge in [-0.1, -0.05) is 0 Å². The molecule has 0 aliphatic carbocycles. The lowest BCUT2D eigenvalue weighted by molar-refractivity contribution is -0.143. The largest absolute Gasteiger partial charge is 0.434 e. The molecule has 0 atom stereocenters. The molecule has 0 unspecified atom stereocenters. The minimum Gasteiger partial charge on any atom is -0.384 e. The molecule has 20 heavy (non-hydrogen) atoms.